The molecule has 0 aliphatic carbocycles. The first-order valence-electron chi connectivity index (χ1n) is 11.6. The van der Waals surface area contributed by atoms with E-state index in [-0.39, 0.29) is 29.7 Å². The number of nitrogens with one attached hydrogen (secondary N) is 1. The zero-order valence-electron chi connectivity index (χ0n) is 20.5. The number of aromatic nitrogens is 5. The van der Waals surface area contributed by atoms with Gasteiger partial charge in [-0.15, -0.1) is 0 Å². The van der Waals surface area contributed by atoms with E-state index in [2.05, 4.69) is 25.5 Å². The number of hydrogen-bond acceptors (Lipinski definition) is 10. The lowest BCUT2D eigenvalue weighted by Crippen LogP contribution is -2.17. The third-order valence-corrected chi connectivity index (χ3v) is 5.04. The monoisotopic (exact) mass is 506 g/mol. The van der Waals surface area contributed by atoms with Gasteiger partial charge in [-0.2, -0.15) is 10.1 Å². The molecular formula is C25H26N6O6. The van der Waals surface area contributed by atoms with Gasteiger partial charge < -0.3 is 24.4 Å². The van der Waals surface area contributed by atoms with Gasteiger partial charge in [0.15, 0.2) is 5.82 Å². The molecule has 192 valence electrons. The molecule has 12 nitrogen and oxygen atoms in total. The van der Waals surface area contributed by atoms with Gasteiger partial charge in [0.05, 0.1) is 12.8 Å². The summed E-state index contributed by atoms with van der Waals surface area (Å²) in [7, 11) is 1.75. The van der Waals surface area contributed by atoms with E-state index in [1.165, 1.54) is 6.20 Å². The molecule has 1 atom stereocenters. The molecule has 1 amide bonds. The molecule has 3 aromatic heterocycles. The Morgan fingerprint density at radius 3 is 2.65 bits per heavy atom. The van der Waals surface area contributed by atoms with Crippen LogP contribution in [-0.2, 0) is 7.05 Å². The van der Waals surface area contributed by atoms with Crippen molar-refractivity contribution in [3.05, 3.63) is 60.2 Å². The van der Waals surface area contributed by atoms with Gasteiger partial charge in [0.2, 0.25) is 11.6 Å². The third-order valence-electron chi connectivity index (χ3n) is 5.04. The molecule has 0 saturated carbocycles. The maximum Gasteiger partial charge on any atom is 0.276 e. The number of anilines is 1. The second-order valence-electron chi connectivity index (χ2n) is 8.21. The number of pyridine rings is 1. The molecule has 2 N–H and O–H groups in total. The highest BCUT2D eigenvalue weighted by Gasteiger charge is 2.17. The van der Waals surface area contributed by atoms with Crippen LogP contribution in [0, 0.1) is 0 Å². The van der Waals surface area contributed by atoms with Crippen molar-refractivity contribution in [3.8, 4) is 28.8 Å². The van der Waals surface area contributed by atoms with Crippen LogP contribution in [0.1, 0.15) is 47.7 Å². The van der Waals surface area contributed by atoms with Crippen molar-refractivity contribution in [2.24, 2.45) is 7.05 Å². The van der Waals surface area contributed by atoms with Gasteiger partial charge in [-0.05, 0) is 37.6 Å². The van der Waals surface area contributed by atoms with Crippen LogP contribution in [-0.4, -0.2) is 54.4 Å². The molecule has 0 fully saturated rings. The van der Waals surface area contributed by atoms with Crippen LogP contribution >= 0.6 is 0 Å². The van der Waals surface area contributed by atoms with Crippen molar-refractivity contribution < 1.29 is 28.7 Å². The zero-order chi connectivity index (χ0) is 26.4. The van der Waals surface area contributed by atoms with E-state index in [9.17, 15) is 14.7 Å². The summed E-state index contributed by atoms with van der Waals surface area (Å²) in [5.41, 5.74) is 0.641. The first-order valence-corrected chi connectivity index (χ1v) is 11.6. The summed E-state index contributed by atoms with van der Waals surface area (Å²) < 4.78 is 18.4. The van der Waals surface area contributed by atoms with Crippen LogP contribution < -0.4 is 14.8 Å². The maximum atomic E-state index is 12.8. The summed E-state index contributed by atoms with van der Waals surface area (Å²) in [6.07, 6.45) is 3.68. The molecule has 0 radical (unpaired) electrons. The topological polar surface area (TPSA) is 154 Å². The van der Waals surface area contributed by atoms with Crippen molar-refractivity contribution in [2.45, 2.75) is 32.8 Å². The Labute approximate surface area is 212 Å². The van der Waals surface area contributed by atoms with Crippen LogP contribution in [0.2, 0.25) is 0 Å². The van der Waals surface area contributed by atoms with Gasteiger partial charge in [-0.1, -0.05) is 12.1 Å². The zero-order valence-corrected chi connectivity index (χ0v) is 20.5. The highest BCUT2D eigenvalue weighted by molar-refractivity contribution is 6.04. The molecule has 0 unspecified atom stereocenters. The number of carbonyl (C=O) groups is 2. The number of aryl methyl sites for hydroxylation is 1. The normalized spacial score (nSPS) is 11.7. The molecule has 4 rings (SSSR count). The van der Waals surface area contributed by atoms with Crippen molar-refractivity contribution in [1.29, 1.82) is 0 Å². The van der Waals surface area contributed by atoms with E-state index in [0.717, 1.165) is 0 Å². The predicted octanol–water partition coefficient (Wildman–Crippen LogP) is 3.65. The Bertz CT molecular complexity index is 1380. The third kappa shape index (κ3) is 6.55. The molecule has 0 saturated heterocycles. The second kappa shape index (κ2) is 11.4. The Morgan fingerprint density at radius 2 is 1.97 bits per heavy atom. The average Bonchev–Trinajstić information content (AvgIpc) is 3.54. The molecule has 4 aromatic rings. The lowest BCUT2D eigenvalue weighted by molar-refractivity contribution is 0.0967. The van der Waals surface area contributed by atoms with E-state index in [1.54, 1.807) is 61.2 Å². The van der Waals surface area contributed by atoms with E-state index < -0.39 is 12.0 Å². The van der Waals surface area contributed by atoms with Gasteiger partial charge >= 0.3 is 0 Å². The molecule has 0 bridgehead atoms. The first kappa shape index (κ1) is 25.5. The Balaban J connectivity index is 1.53. The van der Waals surface area contributed by atoms with E-state index in [0.29, 0.717) is 41.6 Å². The number of nitrogens with zero attached hydrogens (tertiary/aromatic N) is 5. The number of amides is 1. The van der Waals surface area contributed by atoms with Gasteiger partial charge in [0.25, 0.3) is 11.8 Å². The fourth-order valence-electron chi connectivity index (χ4n) is 3.25. The number of ether oxygens (including phenoxy) is 2. The van der Waals surface area contributed by atoms with Gasteiger partial charge in [0.1, 0.15) is 29.0 Å². The number of aliphatic hydroxyl groups excluding tert-OH is 1. The van der Waals surface area contributed by atoms with Crippen molar-refractivity contribution in [2.75, 3.05) is 11.9 Å². The lowest BCUT2D eigenvalue weighted by atomic mass is 10.2. The van der Waals surface area contributed by atoms with Crippen LogP contribution in [0.15, 0.2) is 53.3 Å². The molecule has 0 spiro atoms. The highest BCUT2D eigenvalue weighted by Crippen LogP contribution is 2.29. The maximum absolute atomic E-state index is 12.8. The lowest BCUT2D eigenvalue weighted by Gasteiger charge is -2.15. The number of hydrogen-bond donors (Lipinski definition) is 2. The van der Waals surface area contributed by atoms with E-state index >= 15 is 0 Å². The van der Waals surface area contributed by atoms with Gasteiger partial charge in [-0.25, -0.2) is 4.98 Å². The van der Waals surface area contributed by atoms with Crippen molar-refractivity contribution in [3.63, 3.8) is 0 Å². The summed E-state index contributed by atoms with van der Waals surface area (Å²) >= 11 is 0. The van der Waals surface area contributed by atoms with E-state index in [1.807, 2.05) is 6.92 Å². The second-order valence-corrected chi connectivity index (χ2v) is 8.21. The summed E-state index contributed by atoms with van der Waals surface area (Å²) in [6.45, 7) is 3.39. The first-order chi connectivity index (χ1) is 17.8. The Morgan fingerprint density at radius 1 is 1.16 bits per heavy atom. The number of aliphatic hydroxyl groups is 1. The SMILES string of the molecule is CCCC(=O)c1noc(-c2ccc(Oc3cc(O[C@@H](C)CO)cc(C(=O)Nc4ccn(C)n4)c3)cn2)n1. The van der Waals surface area contributed by atoms with E-state index in [4.69, 9.17) is 14.0 Å². The molecule has 12 heteroatoms. The summed E-state index contributed by atoms with van der Waals surface area (Å²) in [5, 5.41) is 19.9. The largest absolute Gasteiger partial charge is 0.488 e. The summed E-state index contributed by atoms with van der Waals surface area (Å²) in [6, 6.07) is 9.61. The molecule has 3 heterocycles. The number of carbonyl (C=O) groups excluding carboxylic acids is 2. The minimum atomic E-state index is -0.494. The fourth-order valence-corrected chi connectivity index (χ4v) is 3.25. The number of rotatable bonds is 11. The van der Waals surface area contributed by atoms with Crippen molar-refractivity contribution >= 4 is 17.5 Å². The molecule has 0 aliphatic heterocycles. The molecule has 1 aromatic carbocycles. The fraction of sp³-hybridized carbons (Fsp3) is 0.280. The minimum absolute atomic E-state index is 0.0180. The number of benzene rings is 1. The Hall–Kier alpha value is -4.58. The summed E-state index contributed by atoms with van der Waals surface area (Å²) in [5.74, 6) is 0.942. The van der Waals surface area contributed by atoms with Crippen LogP contribution in [0.25, 0.3) is 11.6 Å². The van der Waals surface area contributed by atoms with Crippen LogP contribution in [0.4, 0.5) is 5.82 Å². The smallest absolute Gasteiger partial charge is 0.276 e. The highest BCUT2D eigenvalue weighted by atomic mass is 16.5. The molecular weight excluding hydrogens is 480 g/mol. The van der Waals surface area contributed by atoms with Crippen LogP contribution in [0.3, 0.4) is 0 Å². The Kier molecular flexibility index (Phi) is 7.89. The number of Topliss-reactive ketones (excluding diaryl/α,β-unsaturated/α-hetero) is 1. The van der Waals surface area contributed by atoms with Gasteiger partial charge in [0, 0.05) is 37.4 Å². The van der Waals surface area contributed by atoms with Crippen LogP contribution in [0.5, 0.6) is 17.2 Å². The minimum Gasteiger partial charge on any atom is -0.488 e. The quantitative estimate of drug-likeness (QED) is 0.288. The van der Waals surface area contributed by atoms with Gasteiger partial charge in [-0.3, -0.25) is 14.3 Å². The molecule has 0 aliphatic rings. The average molecular weight is 507 g/mol. The summed E-state index contributed by atoms with van der Waals surface area (Å²) in [4.78, 5) is 33.2. The predicted molar refractivity (Wildman–Crippen MR) is 132 cm³/mol. The van der Waals surface area contributed by atoms with Crippen molar-refractivity contribution in [1.82, 2.24) is 24.9 Å². The molecule has 37 heavy (non-hydrogen) atoms. The standard InChI is InChI=1S/C25H26N6O6/c1-4-5-21(33)23-28-25(37-30-23)20-7-6-17(13-26-20)36-19-11-16(10-18(12-19)35-15(2)14-32)24(34)27-22-8-9-31(3)29-22/h6-13,15,32H,4-5,14H2,1-3H3,(H,27,29,34)/t15-/m0/s1. The number of ketones is 1.